The van der Waals surface area contributed by atoms with Crippen LogP contribution in [-0.4, -0.2) is 46.6 Å². The zero-order valence-electron chi connectivity index (χ0n) is 14.5. The topological polar surface area (TPSA) is 87.2 Å². The Balaban J connectivity index is 1.46. The molecule has 6 nitrogen and oxygen atoms in total. The van der Waals surface area contributed by atoms with Crippen molar-refractivity contribution in [2.24, 2.45) is 17.8 Å². The Bertz CT molecular complexity index is 633. The lowest BCUT2D eigenvalue weighted by Gasteiger charge is -2.58. The normalized spacial score (nSPS) is 37.2. The Hall–Kier alpha value is -1.11. The van der Waals surface area contributed by atoms with Crippen molar-refractivity contribution in [3.05, 3.63) is 17.5 Å². The monoisotopic (exact) mass is 367 g/mol. The molecule has 0 aromatic carbocycles. The van der Waals surface area contributed by atoms with E-state index in [-0.39, 0.29) is 17.3 Å². The number of hydrogen-bond acceptors (Lipinski definition) is 4. The van der Waals surface area contributed by atoms with Gasteiger partial charge < -0.3 is 15.2 Å². The molecule has 7 heteroatoms. The lowest BCUT2D eigenvalue weighted by molar-refractivity contribution is -0.136. The van der Waals surface area contributed by atoms with E-state index in [9.17, 15) is 9.90 Å². The number of ether oxygens (including phenoxy) is 1. The number of aromatic amines is 1. The first-order chi connectivity index (χ1) is 12.0. The highest BCUT2D eigenvalue weighted by atomic mass is 35.5. The van der Waals surface area contributed by atoms with Gasteiger partial charge in [0.25, 0.3) is 5.91 Å². The lowest BCUT2D eigenvalue weighted by Crippen LogP contribution is -2.61. The highest BCUT2D eigenvalue weighted by Crippen LogP contribution is 2.55. The van der Waals surface area contributed by atoms with Crippen molar-refractivity contribution < 1.29 is 14.6 Å². The van der Waals surface area contributed by atoms with Gasteiger partial charge in [0, 0.05) is 19.8 Å². The molecule has 4 aliphatic carbocycles. The van der Waals surface area contributed by atoms with E-state index in [4.69, 9.17) is 16.3 Å². The van der Waals surface area contributed by atoms with Crippen LogP contribution in [0, 0.1) is 17.8 Å². The van der Waals surface area contributed by atoms with Crippen LogP contribution in [0.2, 0.25) is 0 Å². The summed E-state index contributed by atoms with van der Waals surface area (Å²) in [6.07, 6.45) is 6.98. The van der Waals surface area contributed by atoms with E-state index in [2.05, 4.69) is 15.5 Å². The molecule has 1 aromatic rings. The summed E-state index contributed by atoms with van der Waals surface area (Å²) < 4.78 is 5.06. The summed E-state index contributed by atoms with van der Waals surface area (Å²) in [5, 5.41) is 20.5. The van der Waals surface area contributed by atoms with E-state index in [1.807, 2.05) is 0 Å². The van der Waals surface area contributed by atoms with Crippen molar-refractivity contribution in [1.82, 2.24) is 15.5 Å². The first kappa shape index (κ1) is 17.3. The van der Waals surface area contributed by atoms with Crippen LogP contribution in [0.1, 0.15) is 60.0 Å². The number of amides is 1. The predicted molar refractivity (Wildman–Crippen MR) is 93.4 cm³/mol. The van der Waals surface area contributed by atoms with E-state index in [0.717, 1.165) is 32.1 Å². The number of methoxy groups -OCH3 is 1. The molecule has 25 heavy (non-hydrogen) atoms. The number of aromatic nitrogens is 2. The smallest absolute Gasteiger partial charge is 0.255 e. The summed E-state index contributed by atoms with van der Waals surface area (Å²) >= 11 is 6.39. The molecular formula is C18H26ClN3O3. The largest absolute Gasteiger partial charge is 0.390 e. The van der Waals surface area contributed by atoms with E-state index in [1.54, 1.807) is 13.3 Å². The third kappa shape index (κ3) is 3.20. The van der Waals surface area contributed by atoms with Crippen molar-refractivity contribution in [2.45, 2.75) is 55.5 Å². The molecule has 0 saturated heterocycles. The van der Waals surface area contributed by atoms with Gasteiger partial charge in [0.15, 0.2) is 0 Å². The Morgan fingerprint density at radius 2 is 2.20 bits per heavy atom. The number of aliphatic hydroxyl groups is 1. The van der Waals surface area contributed by atoms with Gasteiger partial charge in [-0.3, -0.25) is 9.89 Å². The zero-order valence-corrected chi connectivity index (χ0v) is 15.3. The number of alkyl halides is 1. The summed E-state index contributed by atoms with van der Waals surface area (Å²) in [4.78, 5) is 12.9. The number of carbonyl (C=O) groups excluding carboxylic acids is 1. The second-order valence-electron chi connectivity index (χ2n) is 8.14. The molecule has 5 rings (SSSR count). The summed E-state index contributed by atoms with van der Waals surface area (Å²) in [5.41, 5.74) is 0.683. The predicted octanol–water partition coefficient (Wildman–Crippen LogP) is 2.40. The third-order valence-electron chi connectivity index (χ3n) is 6.34. The molecule has 3 atom stereocenters. The van der Waals surface area contributed by atoms with E-state index in [1.165, 1.54) is 0 Å². The second-order valence-corrected chi connectivity index (χ2v) is 8.67. The Morgan fingerprint density at radius 3 is 2.84 bits per heavy atom. The number of carbonyl (C=O) groups is 1. The molecule has 4 bridgehead atoms. The standard InChI is InChI=1S/C18H26ClN3O3/c1-25-3-2-14(19)16-13(9-20-22-16)17(23)21-15-11-4-10-5-12(15)8-18(24,6-10)7-11/h9-12,14-15,24H,2-8H2,1H3,(H,20,22)(H,21,23). The summed E-state index contributed by atoms with van der Waals surface area (Å²) in [7, 11) is 1.63. The fourth-order valence-corrected chi connectivity index (χ4v) is 5.78. The van der Waals surface area contributed by atoms with Gasteiger partial charge in [0.1, 0.15) is 0 Å². The van der Waals surface area contributed by atoms with Crippen molar-refractivity contribution in [3.8, 4) is 0 Å². The number of rotatable bonds is 6. The minimum atomic E-state index is -0.486. The Kier molecular flexibility index (Phi) is 4.54. The maximum atomic E-state index is 12.9. The van der Waals surface area contributed by atoms with Crippen LogP contribution < -0.4 is 5.32 Å². The number of H-pyrrole nitrogens is 1. The van der Waals surface area contributed by atoms with Crippen LogP contribution in [0.5, 0.6) is 0 Å². The summed E-state index contributed by atoms with van der Waals surface area (Å²) in [6.45, 7) is 0.529. The summed E-state index contributed by atoms with van der Waals surface area (Å²) in [6, 6.07) is 0.153. The SMILES string of the molecule is COCCC(Cl)c1[nH]ncc1C(=O)NC1C2CC3CC1CC(O)(C3)C2. The van der Waals surface area contributed by atoms with Crippen LogP contribution in [0.15, 0.2) is 6.20 Å². The molecule has 3 unspecified atom stereocenters. The Labute approximate surface area is 152 Å². The third-order valence-corrected chi connectivity index (χ3v) is 6.78. The minimum Gasteiger partial charge on any atom is -0.390 e. The van der Waals surface area contributed by atoms with Crippen molar-refractivity contribution in [3.63, 3.8) is 0 Å². The van der Waals surface area contributed by atoms with Crippen LogP contribution >= 0.6 is 11.6 Å². The average molecular weight is 368 g/mol. The molecule has 0 spiro atoms. The van der Waals surface area contributed by atoms with Crippen LogP contribution in [0.3, 0.4) is 0 Å². The molecular weight excluding hydrogens is 342 g/mol. The molecule has 138 valence electrons. The van der Waals surface area contributed by atoms with E-state index < -0.39 is 5.60 Å². The van der Waals surface area contributed by atoms with Gasteiger partial charge in [0.2, 0.25) is 0 Å². The summed E-state index contributed by atoms with van der Waals surface area (Å²) in [5.74, 6) is 1.28. The quantitative estimate of drug-likeness (QED) is 0.674. The molecule has 1 heterocycles. The molecule has 0 radical (unpaired) electrons. The van der Waals surface area contributed by atoms with Crippen molar-refractivity contribution >= 4 is 17.5 Å². The van der Waals surface area contributed by atoms with E-state index in [0.29, 0.717) is 42.0 Å². The van der Waals surface area contributed by atoms with Gasteiger partial charge in [-0.2, -0.15) is 5.10 Å². The van der Waals surface area contributed by atoms with E-state index >= 15 is 0 Å². The zero-order chi connectivity index (χ0) is 17.6. The maximum Gasteiger partial charge on any atom is 0.255 e. The van der Waals surface area contributed by atoms with Gasteiger partial charge in [-0.15, -0.1) is 11.6 Å². The molecule has 4 aliphatic rings. The molecule has 4 fully saturated rings. The number of nitrogens with one attached hydrogen (secondary N) is 2. The van der Waals surface area contributed by atoms with Crippen LogP contribution in [-0.2, 0) is 4.74 Å². The highest BCUT2D eigenvalue weighted by Gasteiger charge is 2.55. The Morgan fingerprint density at radius 1 is 1.48 bits per heavy atom. The van der Waals surface area contributed by atoms with Gasteiger partial charge >= 0.3 is 0 Å². The number of nitrogens with zero attached hydrogens (tertiary/aromatic N) is 1. The minimum absolute atomic E-state index is 0.115. The molecule has 3 N–H and O–H groups in total. The molecule has 1 aromatic heterocycles. The van der Waals surface area contributed by atoms with Crippen molar-refractivity contribution in [1.29, 1.82) is 0 Å². The van der Waals surface area contributed by atoms with Gasteiger partial charge in [0.05, 0.1) is 28.4 Å². The van der Waals surface area contributed by atoms with Crippen molar-refractivity contribution in [2.75, 3.05) is 13.7 Å². The van der Waals surface area contributed by atoms with Gasteiger partial charge in [-0.05, 0) is 56.3 Å². The lowest BCUT2D eigenvalue weighted by atomic mass is 9.52. The fraction of sp³-hybridized carbons (Fsp3) is 0.778. The highest BCUT2D eigenvalue weighted by molar-refractivity contribution is 6.21. The second kappa shape index (κ2) is 6.56. The van der Waals surface area contributed by atoms with Gasteiger partial charge in [-0.25, -0.2) is 0 Å². The first-order valence-electron chi connectivity index (χ1n) is 9.18. The number of hydrogen-bond donors (Lipinski definition) is 3. The molecule has 1 amide bonds. The van der Waals surface area contributed by atoms with Gasteiger partial charge in [-0.1, -0.05) is 0 Å². The fourth-order valence-electron chi connectivity index (χ4n) is 5.53. The van der Waals surface area contributed by atoms with Crippen LogP contribution in [0.25, 0.3) is 0 Å². The first-order valence-corrected chi connectivity index (χ1v) is 9.62. The molecule has 0 aliphatic heterocycles. The molecule has 4 saturated carbocycles. The average Bonchev–Trinajstić information content (AvgIpc) is 3.04. The number of halogens is 1. The van der Waals surface area contributed by atoms with Crippen LogP contribution in [0.4, 0.5) is 0 Å². The maximum absolute atomic E-state index is 12.9.